The van der Waals surface area contributed by atoms with Gasteiger partial charge in [-0.15, -0.1) is 0 Å². The summed E-state index contributed by atoms with van der Waals surface area (Å²) in [4.78, 5) is 2.60. The molecule has 1 aromatic heterocycles. The molecule has 0 N–H and O–H groups in total. The summed E-state index contributed by atoms with van der Waals surface area (Å²) >= 11 is 0. The Hall–Kier alpha value is -6.68. The number of hydrogen-bond donors (Lipinski definition) is 0. The van der Waals surface area contributed by atoms with E-state index in [4.69, 9.17) is 0 Å². The van der Waals surface area contributed by atoms with Gasteiger partial charge < -0.3 is 9.47 Å². The third-order valence-electron chi connectivity index (χ3n) is 14.7. The summed E-state index contributed by atoms with van der Waals surface area (Å²) in [7, 11) is -2.85. The Morgan fingerprint density at radius 2 is 1.21 bits per heavy atom. The van der Waals surface area contributed by atoms with Crippen LogP contribution < -0.4 is 20.5 Å². The van der Waals surface area contributed by atoms with Crippen LogP contribution in [0.15, 0.2) is 211 Å². The van der Waals surface area contributed by atoms with Crippen molar-refractivity contribution >= 4 is 51.9 Å². The van der Waals surface area contributed by atoms with Crippen LogP contribution in [-0.4, -0.2) is 18.7 Å². The molecule has 3 atom stereocenters. The lowest BCUT2D eigenvalue weighted by Crippen LogP contribution is -2.68. The van der Waals surface area contributed by atoms with E-state index in [-0.39, 0.29) is 17.4 Å². The largest absolute Gasteiger partial charge is 0.360 e. The van der Waals surface area contributed by atoms with E-state index in [2.05, 4.69) is 236 Å². The number of fused-ring (bicyclic) bond motifs is 9. The molecule has 0 radical (unpaired) electrons. The van der Waals surface area contributed by atoms with Crippen LogP contribution in [0.25, 0.3) is 28.2 Å². The molecule has 4 aliphatic rings. The highest BCUT2D eigenvalue weighted by Crippen LogP contribution is 2.55. The monoisotopic (exact) mass is 800 g/mol. The van der Waals surface area contributed by atoms with Gasteiger partial charge in [0.15, 0.2) is 8.07 Å². The van der Waals surface area contributed by atoms with Gasteiger partial charge in [0.2, 0.25) is 0 Å². The molecule has 3 unspecified atom stereocenters. The van der Waals surface area contributed by atoms with Gasteiger partial charge in [-0.05, 0) is 108 Å². The second-order valence-electron chi connectivity index (χ2n) is 18.0. The van der Waals surface area contributed by atoms with E-state index in [1.807, 2.05) is 0 Å². The lowest BCUT2D eigenvalue weighted by Gasteiger charge is -2.45. The fourth-order valence-corrected chi connectivity index (χ4v) is 16.7. The van der Waals surface area contributed by atoms with Crippen molar-refractivity contribution in [1.29, 1.82) is 0 Å². The van der Waals surface area contributed by atoms with E-state index < -0.39 is 8.07 Å². The Labute approximate surface area is 360 Å². The molecule has 294 valence electrons. The first kappa shape index (κ1) is 36.2. The molecule has 3 aliphatic carbocycles. The molecule has 3 heteroatoms. The smallest absolute Gasteiger partial charge is 0.179 e. The molecule has 1 aliphatic heterocycles. The molecule has 12 rings (SSSR count). The molecule has 2 nitrogen and oxygen atoms in total. The molecule has 61 heavy (non-hydrogen) atoms. The predicted molar refractivity (Wildman–Crippen MR) is 258 cm³/mol. The van der Waals surface area contributed by atoms with Gasteiger partial charge in [-0.2, -0.15) is 0 Å². The van der Waals surface area contributed by atoms with Crippen LogP contribution in [0.5, 0.6) is 0 Å². The van der Waals surface area contributed by atoms with Crippen LogP contribution in [0, 0.1) is 5.92 Å². The van der Waals surface area contributed by atoms with E-state index in [1.165, 1.54) is 82.1 Å². The van der Waals surface area contributed by atoms with Gasteiger partial charge >= 0.3 is 0 Å². The van der Waals surface area contributed by atoms with Crippen LogP contribution in [0.4, 0.5) is 5.69 Å². The van der Waals surface area contributed by atoms with Gasteiger partial charge in [0.05, 0.1) is 17.3 Å². The predicted octanol–water partition coefficient (Wildman–Crippen LogP) is 11.3. The number of allylic oxidation sites excluding steroid dienone is 3. The minimum atomic E-state index is -2.85. The Morgan fingerprint density at radius 1 is 0.590 bits per heavy atom. The van der Waals surface area contributed by atoms with Crippen molar-refractivity contribution < 1.29 is 0 Å². The zero-order chi connectivity index (χ0) is 40.7. The van der Waals surface area contributed by atoms with E-state index in [0.717, 1.165) is 13.0 Å². The summed E-state index contributed by atoms with van der Waals surface area (Å²) in [5, 5.41) is 6.99. The molecular formula is C58H48N2Si. The molecule has 0 saturated carbocycles. The normalized spacial score (nSPS) is 19.6. The minimum Gasteiger partial charge on any atom is -0.360 e. The lowest BCUT2D eigenvalue weighted by atomic mass is 9.72. The number of para-hydroxylation sites is 2. The van der Waals surface area contributed by atoms with Gasteiger partial charge in [-0.25, -0.2) is 0 Å². The molecule has 0 spiro atoms. The second-order valence-corrected chi connectivity index (χ2v) is 21.8. The van der Waals surface area contributed by atoms with Crippen molar-refractivity contribution in [1.82, 2.24) is 4.57 Å². The molecule has 0 fully saturated rings. The summed E-state index contributed by atoms with van der Waals surface area (Å²) in [6.45, 7) is 5.79. The van der Waals surface area contributed by atoms with E-state index in [9.17, 15) is 0 Å². The van der Waals surface area contributed by atoms with Gasteiger partial charge in [0, 0.05) is 29.2 Å². The van der Waals surface area contributed by atoms with E-state index in [1.54, 1.807) is 0 Å². The van der Waals surface area contributed by atoms with Crippen LogP contribution in [-0.2, 0) is 18.4 Å². The maximum atomic E-state index is 2.66. The van der Waals surface area contributed by atoms with E-state index in [0.29, 0.717) is 5.92 Å². The molecule has 0 amide bonds. The highest BCUT2D eigenvalue weighted by atomic mass is 28.3. The van der Waals surface area contributed by atoms with Crippen molar-refractivity contribution in [3.05, 3.63) is 245 Å². The first-order valence-corrected chi connectivity index (χ1v) is 24.0. The molecule has 2 heterocycles. The van der Waals surface area contributed by atoms with Gasteiger partial charge in [-0.1, -0.05) is 190 Å². The molecular weight excluding hydrogens is 753 g/mol. The van der Waals surface area contributed by atoms with E-state index >= 15 is 0 Å². The fourth-order valence-electron chi connectivity index (χ4n) is 11.8. The topological polar surface area (TPSA) is 8.17 Å². The average molecular weight is 801 g/mol. The summed E-state index contributed by atoms with van der Waals surface area (Å²) in [6.07, 6.45) is 11.3. The Kier molecular flexibility index (Phi) is 8.27. The second kappa shape index (κ2) is 13.9. The number of rotatable bonds is 6. The SMILES string of the molecule is CC1(C)c2ccccc2C2=Cc3c(c4ccccc4n3-c3ccc([Si](C4=CC5c6ccccc6CN(c6ccccc6)C5C=C4)(c4ccccc4)c4ccccc4)cc3)CC21. The van der Waals surface area contributed by atoms with Crippen LogP contribution in [0.2, 0.25) is 0 Å². The van der Waals surface area contributed by atoms with Crippen LogP contribution in [0.3, 0.4) is 0 Å². The van der Waals surface area contributed by atoms with Crippen molar-refractivity contribution in [2.75, 3.05) is 4.90 Å². The third kappa shape index (κ3) is 5.40. The standard InChI is InChI=1S/C58H48N2Si/c1-58(2)53-28-16-14-26-48(53)50-38-57-52(37-54(50)58)49-27-15-17-29-56(49)60(57)42-30-32-45(33-31-42)61(43-21-8-4-9-22-43,44-23-10-5-11-24-44)46-34-35-55-51(36-46)47-25-13-12-18-40(47)39-59(55)41-19-6-3-7-20-41/h3-36,38,51,54-55H,37,39H2,1-2H3. The number of benzene rings is 7. The van der Waals surface area contributed by atoms with Crippen molar-refractivity contribution in [2.45, 2.75) is 44.2 Å². The zero-order valence-electron chi connectivity index (χ0n) is 34.7. The first-order chi connectivity index (χ1) is 30.0. The summed E-state index contributed by atoms with van der Waals surface area (Å²) < 4.78 is 2.54. The molecule has 7 aromatic carbocycles. The number of nitrogens with zero attached hydrogens (tertiary/aromatic N) is 2. The van der Waals surface area contributed by atoms with Gasteiger partial charge in [0.1, 0.15) is 0 Å². The lowest BCUT2D eigenvalue weighted by molar-refractivity contribution is 0.410. The highest BCUT2D eigenvalue weighted by Gasteiger charge is 2.47. The van der Waals surface area contributed by atoms with Crippen molar-refractivity contribution in [3.63, 3.8) is 0 Å². The van der Waals surface area contributed by atoms with Crippen molar-refractivity contribution in [3.8, 4) is 5.69 Å². The summed E-state index contributed by atoms with van der Waals surface area (Å²) in [5.74, 6) is 0.666. The molecule has 0 bridgehead atoms. The van der Waals surface area contributed by atoms with Gasteiger partial charge in [-0.3, -0.25) is 0 Å². The third-order valence-corrected chi connectivity index (χ3v) is 19.5. The Balaban J connectivity index is 1.05. The Morgan fingerprint density at radius 3 is 1.97 bits per heavy atom. The van der Waals surface area contributed by atoms with Crippen molar-refractivity contribution in [2.24, 2.45) is 5.92 Å². The average Bonchev–Trinajstić information content (AvgIpc) is 3.77. The number of anilines is 1. The zero-order valence-corrected chi connectivity index (χ0v) is 35.7. The van der Waals surface area contributed by atoms with Crippen LogP contribution in [0.1, 0.15) is 53.3 Å². The summed E-state index contributed by atoms with van der Waals surface area (Å²) in [5.41, 5.74) is 13.8. The highest BCUT2D eigenvalue weighted by molar-refractivity contribution is 7.16. The van der Waals surface area contributed by atoms with Gasteiger partial charge in [0.25, 0.3) is 0 Å². The molecule has 8 aromatic rings. The van der Waals surface area contributed by atoms with Crippen LogP contribution >= 0.6 is 0 Å². The maximum Gasteiger partial charge on any atom is 0.179 e. The maximum absolute atomic E-state index is 2.85. The quantitative estimate of drug-likeness (QED) is 0.120. The first-order valence-electron chi connectivity index (χ1n) is 22.0. The number of hydrogen-bond acceptors (Lipinski definition) is 1. The fraction of sp³-hybridized carbons (Fsp3) is 0.138. The summed E-state index contributed by atoms with van der Waals surface area (Å²) in [6, 6.07) is 71.1. The minimum absolute atomic E-state index is 0.0790. The number of aromatic nitrogens is 1. The Bertz CT molecular complexity index is 3020. The molecule has 0 saturated heterocycles.